The lowest BCUT2D eigenvalue weighted by molar-refractivity contribution is 0.0601. The highest BCUT2D eigenvalue weighted by atomic mass is 32.2. The average molecular weight is 472 g/mol. The third-order valence-electron chi connectivity index (χ3n) is 4.98. The predicted octanol–water partition coefficient (Wildman–Crippen LogP) is 1.21. The van der Waals surface area contributed by atoms with Gasteiger partial charge >= 0.3 is 5.97 Å². The van der Waals surface area contributed by atoms with Crippen molar-refractivity contribution in [3.63, 3.8) is 0 Å². The van der Waals surface area contributed by atoms with Gasteiger partial charge < -0.3 is 9.64 Å². The highest BCUT2D eigenvalue weighted by Crippen LogP contribution is 2.28. The van der Waals surface area contributed by atoms with Crippen LogP contribution in [0.2, 0.25) is 0 Å². The number of halogens is 1. The van der Waals surface area contributed by atoms with E-state index in [9.17, 15) is 26.0 Å². The Balaban J connectivity index is 1.74. The van der Waals surface area contributed by atoms with Crippen LogP contribution >= 0.6 is 0 Å². The van der Waals surface area contributed by atoms with Gasteiger partial charge in [-0.15, -0.1) is 0 Å². The highest BCUT2D eigenvalue weighted by Gasteiger charge is 2.27. The molecule has 1 saturated heterocycles. The average Bonchev–Trinajstić information content (AvgIpc) is 2.72. The zero-order chi connectivity index (χ0) is 22.8. The number of ether oxygens (including phenoxy) is 1. The zero-order valence-corrected chi connectivity index (χ0v) is 18.2. The fraction of sp³-hybridized carbons (Fsp3) is 0.316. The molecule has 1 aliphatic heterocycles. The standard InChI is InChI=1S/C19H22FN3O6S2/c1-29-19(24)17-12-16(30(21,25)26)6-7-18(17)23-10-8-14(9-11-23)22-31(27,28)15-4-2-13(20)3-5-15/h2-7,12,14,22H,8-11H2,1H3,(H2,21,25,26). The minimum atomic E-state index is -4.00. The van der Waals surface area contributed by atoms with E-state index in [0.717, 1.165) is 12.1 Å². The van der Waals surface area contributed by atoms with Crippen LogP contribution in [0.4, 0.5) is 10.1 Å². The van der Waals surface area contributed by atoms with Crippen LogP contribution in [0, 0.1) is 5.82 Å². The number of carbonyl (C=O) groups is 1. The van der Waals surface area contributed by atoms with Crippen molar-refractivity contribution in [1.29, 1.82) is 0 Å². The predicted molar refractivity (Wildman–Crippen MR) is 111 cm³/mol. The SMILES string of the molecule is COC(=O)c1cc(S(N)(=O)=O)ccc1N1CCC(NS(=O)(=O)c2ccc(F)cc2)CC1. The fourth-order valence-electron chi connectivity index (χ4n) is 3.38. The lowest BCUT2D eigenvalue weighted by Gasteiger charge is -2.34. The van der Waals surface area contributed by atoms with Gasteiger partial charge in [0, 0.05) is 19.1 Å². The van der Waals surface area contributed by atoms with Crippen LogP contribution in [0.25, 0.3) is 0 Å². The molecule has 1 fully saturated rings. The molecule has 1 aliphatic rings. The summed E-state index contributed by atoms with van der Waals surface area (Å²) in [7, 11) is -6.61. The van der Waals surface area contributed by atoms with Crippen molar-refractivity contribution in [2.45, 2.75) is 28.7 Å². The Bertz CT molecular complexity index is 1180. The molecule has 2 aromatic carbocycles. The summed E-state index contributed by atoms with van der Waals surface area (Å²) in [6.45, 7) is 0.824. The molecule has 0 spiro atoms. The van der Waals surface area contributed by atoms with Gasteiger partial charge in [0.2, 0.25) is 20.0 Å². The maximum Gasteiger partial charge on any atom is 0.340 e. The van der Waals surface area contributed by atoms with Gasteiger partial charge in [-0.05, 0) is 55.3 Å². The first-order valence-electron chi connectivity index (χ1n) is 9.29. The normalized spacial score (nSPS) is 15.6. The zero-order valence-electron chi connectivity index (χ0n) is 16.6. The number of esters is 1. The summed E-state index contributed by atoms with van der Waals surface area (Å²) in [6.07, 6.45) is 0.885. The van der Waals surface area contributed by atoms with Gasteiger partial charge in [-0.2, -0.15) is 0 Å². The molecule has 1 heterocycles. The number of rotatable bonds is 6. The van der Waals surface area contributed by atoms with Crippen LogP contribution < -0.4 is 14.8 Å². The monoisotopic (exact) mass is 471 g/mol. The third-order valence-corrected chi connectivity index (χ3v) is 7.43. The molecule has 12 heteroatoms. The summed E-state index contributed by atoms with van der Waals surface area (Å²) in [4.78, 5) is 13.8. The van der Waals surface area contributed by atoms with E-state index in [0.29, 0.717) is 31.6 Å². The van der Waals surface area contributed by atoms with Crippen LogP contribution in [-0.2, 0) is 24.8 Å². The number of anilines is 1. The van der Waals surface area contributed by atoms with Crippen LogP contribution in [0.1, 0.15) is 23.2 Å². The van der Waals surface area contributed by atoms with E-state index in [1.165, 1.54) is 37.4 Å². The van der Waals surface area contributed by atoms with E-state index in [4.69, 9.17) is 9.88 Å². The molecule has 3 rings (SSSR count). The Morgan fingerprint density at radius 3 is 2.19 bits per heavy atom. The molecular weight excluding hydrogens is 449 g/mol. The molecule has 9 nitrogen and oxygen atoms in total. The number of primary sulfonamides is 1. The van der Waals surface area contributed by atoms with Crippen molar-refractivity contribution in [3.8, 4) is 0 Å². The maximum absolute atomic E-state index is 13.0. The number of hydrogen-bond donors (Lipinski definition) is 2. The fourth-order valence-corrected chi connectivity index (χ4v) is 5.23. The molecule has 3 N–H and O–H groups in total. The lowest BCUT2D eigenvalue weighted by atomic mass is 10.0. The summed E-state index contributed by atoms with van der Waals surface area (Å²) >= 11 is 0. The largest absolute Gasteiger partial charge is 0.465 e. The van der Waals surface area contributed by atoms with Crippen LogP contribution in [0.5, 0.6) is 0 Å². The first-order valence-corrected chi connectivity index (χ1v) is 12.3. The number of nitrogens with zero attached hydrogens (tertiary/aromatic N) is 1. The summed E-state index contributed by atoms with van der Waals surface area (Å²) in [5.74, 6) is -1.23. The second-order valence-electron chi connectivity index (χ2n) is 7.05. The number of piperidine rings is 1. The maximum atomic E-state index is 13.0. The minimum absolute atomic E-state index is 0.0251. The molecular formula is C19H22FN3O6S2. The second kappa shape index (κ2) is 8.91. The Hall–Kier alpha value is -2.54. The lowest BCUT2D eigenvalue weighted by Crippen LogP contribution is -2.45. The number of methoxy groups -OCH3 is 1. The summed E-state index contributed by atoms with van der Waals surface area (Å²) in [5.41, 5.74) is 0.526. The Morgan fingerprint density at radius 1 is 1.06 bits per heavy atom. The van der Waals surface area contributed by atoms with Crippen molar-refractivity contribution >= 4 is 31.7 Å². The number of carbonyl (C=O) groups excluding carboxylic acids is 1. The second-order valence-corrected chi connectivity index (χ2v) is 10.3. The van der Waals surface area contributed by atoms with Gasteiger partial charge in [0.1, 0.15) is 5.82 Å². The van der Waals surface area contributed by atoms with E-state index in [2.05, 4.69) is 4.72 Å². The molecule has 0 saturated carbocycles. The number of hydrogen-bond acceptors (Lipinski definition) is 7. The van der Waals surface area contributed by atoms with Crippen LogP contribution in [-0.4, -0.2) is 49.0 Å². The number of nitrogens with one attached hydrogen (secondary N) is 1. The van der Waals surface area contributed by atoms with E-state index in [-0.39, 0.29) is 21.4 Å². The first kappa shape index (κ1) is 23.1. The van der Waals surface area contributed by atoms with Gasteiger partial charge in [-0.25, -0.2) is 35.9 Å². The third kappa shape index (κ3) is 5.39. The van der Waals surface area contributed by atoms with Crippen molar-refractivity contribution in [1.82, 2.24) is 4.72 Å². The molecule has 2 aromatic rings. The Morgan fingerprint density at radius 2 is 1.65 bits per heavy atom. The van der Waals surface area contributed by atoms with Crippen LogP contribution in [0.3, 0.4) is 0 Å². The van der Waals surface area contributed by atoms with Crippen LogP contribution in [0.15, 0.2) is 52.3 Å². The summed E-state index contributed by atoms with van der Waals surface area (Å²) in [5, 5.41) is 5.15. The molecule has 168 valence electrons. The van der Waals surface area contributed by atoms with E-state index in [1.54, 1.807) is 0 Å². The van der Waals surface area contributed by atoms with E-state index in [1.807, 2.05) is 4.90 Å². The molecule has 0 aromatic heterocycles. The number of nitrogens with two attached hydrogens (primary N) is 1. The first-order chi connectivity index (χ1) is 14.5. The van der Waals surface area contributed by atoms with Crippen molar-refractivity contribution in [2.24, 2.45) is 5.14 Å². The minimum Gasteiger partial charge on any atom is -0.465 e. The molecule has 0 bridgehead atoms. The van der Waals surface area contributed by atoms with E-state index < -0.39 is 31.8 Å². The quantitative estimate of drug-likeness (QED) is 0.604. The summed E-state index contributed by atoms with van der Waals surface area (Å²) < 4.78 is 68.7. The Labute approximate surface area is 180 Å². The van der Waals surface area contributed by atoms with Gasteiger partial charge in [0.25, 0.3) is 0 Å². The molecule has 0 aliphatic carbocycles. The highest BCUT2D eigenvalue weighted by molar-refractivity contribution is 7.89. The Kier molecular flexibility index (Phi) is 6.65. The number of benzene rings is 2. The molecule has 0 radical (unpaired) electrons. The number of sulfonamides is 2. The van der Waals surface area contributed by atoms with E-state index >= 15 is 0 Å². The summed E-state index contributed by atoms with van der Waals surface area (Å²) in [6, 6.07) is 8.16. The van der Waals surface area contributed by atoms with Crippen molar-refractivity contribution < 1.29 is 30.8 Å². The smallest absolute Gasteiger partial charge is 0.340 e. The van der Waals surface area contributed by atoms with Gasteiger partial charge in [0.05, 0.1) is 28.2 Å². The van der Waals surface area contributed by atoms with Gasteiger partial charge in [0.15, 0.2) is 0 Å². The van der Waals surface area contributed by atoms with Gasteiger partial charge in [-0.1, -0.05) is 0 Å². The van der Waals surface area contributed by atoms with Crippen molar-refractivity contribution in [2.75, 3.05) is 25.1 Å². The molecule has 0 unspecified atom stereocenters. The van der Waals surface area contributed by atoms with Crippen molar-refractivity contribution in [3.05, 3.63) is 53.8 Å². The molecule has 0 atom stereocenters. The molecule has 31 heavy (non-hydrogen) atoms. The topological polar surface area (TPSA) is 136 Å². The van der Waals surface area contributed by atoms with Gasteiger partial charge in [-0.3, -0.25) is 0 Å². The molecule has 0 amide bonds.